The number of aryl methyl sites for hydroxylation is 1. The third kappa shape index (κ3) is 2.17. The normalized spacial score (nSPS) is 11.3. The van der Waals surface area contributed by atoms with E-state index in [0.29, 0.717) is 0 Å². The lowest BCUT2D eigenvalue weighted by Crippen LogP contribution is -1.81. The minimum atomic E-state index is 1.08. The second kappa shape index (κ2) is 4.93. The SMILES string of the molecule is Cc1ccc2nc(-c3cccc4c(Br)cccc34)sc2c1. The van der Waals surface area contributed by atoms with Crippen LogP contribution in [0.5, 0.6) is 0 Å². The minimum absolute atomic E-state index is 1.08. The molecule has 0 saturated carbocycles. The summed E-state index contributed by atoms with van der Waals surface area (Å²) in [6.07, 6.45) is 0. The Labute approximate surface area is 135 Å². The van der Waals surface area contributed by atoms with Crippen LogP contribution in [0.3, 0.4) is 0 Å². The molecule has 0 spiro atoms. The summed E-state index contributed by atoms with van der Waals surface area (Å²) < 4.78 is 2.37. The molecule has 4 aromatic rings. The molecule has 3 aromatic carbocycles. The molecule has 0 fully saturated rings. The summed E-state index contributed by atoms with van der Waals surface area (Å²) in [6, 6.07) is 19.1. The summed E-state index contributed by atoms with van der Waals surface area (Å²) in [4.78, 5) is 4.81. The van der Waals surface area contributed by atoms with E-state index in [2.05, 4.69) is 77.5 Å². The first-order valence-corrected chi connectivity index (χ1v) is 8.38. The van der Waals surface area contributed by atoms with E-state index in [4.69, 9.17) is 4.98 Å². The van der Waals surface area contributed by atoms with Crippen LogP contribution in [0.25, 0.3) is 31.6 Å². The van der Waals surface area contributed by atoms with Gasteiger partial charge >= 0.3 is 0 Å². The lowest BCUT2D eigenvalue weighted by Gasteiger charge is -2.05. The van der Waals surface area contributed by atoms with Crippen molar-refractivity contribution in [3.63, 3.8) is 0 Å². The predicted octanol–water partition coefficient (Wildman–Crippen LogP) is 6.19. The lowest BCUT2D eigenvalue weighted by atomic mass is 10.1. The quantitative estimate of drug-likeness (QED) is 0.397. The first kappa shape index (κ1) is 13.0. The molecule has 0 N–H and O–H groups in total. The van der Waals surface area contributed by atoms with Gasteiger partial charge in [-0.05, 0) is 41.5 Å². The molecule has 102 valence electrons. The van der Waals surface area contributed by atoms with Crippen molar-refractivity contribution in [1.29, 1.82) is 0 Å². The summed E-state index contributed by atoms with van der Waals surface area (Å²) >= 11 is 5.39. The Morgan fingerprint density at radius 1 is 0.952 bits per heavy atom. The topological polar surface area (TPSA) is 12.9 Å². The van der Waals surface area contributed by atoms with E-state index in [1.807, 2.05) is 0 Å². The van der Waals surface area contributed by atoms with E-state index in [1.165, 1.54) is 26.6 Å². The Hall–Kier alpha value is -1.71. The molecule has 0 radical (unpaired) electrons. The summed E-state index contributed by atoms with van der Waals surface area (Å²) in [5.74, 6) is 0. The highest BCUT2D eigenvalue weighted by Gasteiger charge is 2.10. The zero-order valence-electron chi connectivity index (χ0n) is 11.4. The summed E-state index contributed by atoms with van der Waals surface area (Å²) in [7, 11) is 0. The van der Waals surface area contributed by atoms with Gasteiger partial charge in [-0.3, -0.25) is 0 Å². The van der Waals surface area contributed by atoms with Gasteiger partial charge in [-0.1, -0.05) is 52.3 Å². The average molecular weight is 354 g/mol. The largest absolute Gasteiger partial charge is 0.236 e. The van der Waals surface area contributed by atoms with E-state index in [-0.39, 0.29) is 0 Å². The van der Waals surface area contributed by atoms with Crippen molar-refractivity contribution in [2.24, 2.45) is 0 Å². The number of hydrogen-bond donors (Lipinski definition) is 0. The van der Waals surface area contributed by atoms with Crippen LogP contribution in [0.1, 0.15) is 5.56 Å². The second-order valence-corrected chi connectivity index (χ2v) is 7.02. The number of nitrogens with zero attached hydrogens (tertiary/aromatic N) is 1. The molecule has 21 heavy (non-hydrogen) atoms. The molecule has 1 nitrogen and oxygen atoms in total. The molecule has 1 heterocycles. The monoisotopic (exact) mass is 353 g/mol. The van der Waals surface area contributed by atoms with Gasteiger partial charge in [0.05, 0.1) is 10.2 Å². The number of benzene rings is 3. The fraction of sp³-hybridized carbons (Fsp3) is 0.0556. The van der Waals surface area contributed by atoms with Gasteiger partial charge in [0.1, 0.15) is 5.01 Å². The van der Waals surface area contributed by atoms with E-state index in [0.717, 1.165) is 15.0 Å². The highest BCUT2D eigenvalue weighted by atomic mass is 79.9. The number of halogens is 1. The molecule has 0 aliphatic heterocycles. The third-order valence-corrected chi connectivity index (χ3v) is 5.39. The fourth-order valence-corrected chi connectivity index (χ4v) is 4.21. The maximum atomic E-state index is 4.81. The highest BCUT2D eigenvalue weighted by molar-refractivity contribution is 9.10. The molecule has 0 amide bonds. The molecule has 0 aliphatic rings. The van der Waals surface area contributed by atoms with Crippen molar-refractivity contribution in [3.05, 3.63) is 64.6 Å². The Bertz CT molecular complexity index is 971. The van der Waals surface area contributed by atoms with Crippen LogP contribution in [0, 0.1) is 6.92 Å². The Morgan fingerprint density at radius 3 is 2.67 bits per heavy atom. The van der Waals surface area contributed by atoms with E-state index in [1.54, 1.807) is 11.3 Å². The summed E-state index contributed by atoms with van der Waals surface area (Å²) in [5.41, 5.74) is 3.55. The van der Waals surface area contributed by atoms with E-state index in [9.17, 15) is 0 Å². The second-order valence-electron chi connectivity index (χ2n) is 5.13. The van der Waals surface area contributed by atoms with Crippen LogP contribution in [0.15, 0.2) is 59.1 Å². The van der Waals surface area contributed by atoms with Crippen LogP contribution in [-0.2, 0) is 0 Å². The maximum absolute atomic E-state index is 4.81. The van der Waals surface area contributed by atoms with Crippen LogP contribution in [0.2, 0.25) is 0 Å². The van der Waals surface area contributed by atoms with Crippen molar-refractivity contribution >= 4 is 48.3 Å². The number of hydrogen-bond acceptors (Lipinski definition) is 2. The van der Waals surface area contributed by atoms with Crippen molar-refractivity contribution < 1.29 is 0 Å². The minimum Gasteiger partial charge on any atom is -0.236 e. The number of aromatic nitrogens is 1. The lowest BCUT2D eigenvalue weighted by molar-refractivity contribution is 1.46. The van der Waals surface area contributed by atoms with Gasteiger partial charge in [0.25, 0.3) is 0 Å². The molecule has 0 saturated heterocycles. The van der Waals surface area contributed by atoms with Crippen LogP contribution < -0.4 is 0 Å². The molecule has 3 heteroatoms. The third-order valence-electron chi connectivity index (χ3n) is 3.64. The van der Waals surface area contributed by atoms with Crippen molar-refractivity contribution in [1.82, 2.24) is 4.98 Å². The zero-order chi connectivity index (χ0) is 14.4. The number of thiazole rings is 1. The van der Waals surface area contributed by atoms with Crippen molar-refractivity contribution in [3.8, 4) is 10.6 Å². The van der Waals surface area contributed by atoms with Crippen LogP contribution >= 0.6 is 27.3 Å². The predicted molar refractivity (Wildman–Crippen MR) is 95.0 cm³/mol. The molecular formula is C18H12BrNS. The molecule has 0 bridgehead atoms. The molecule has 0 aliphatic carbocycles. The van der Waals surface area contributed by atoms with Gasteiger partial charge in [0.15, 0.2) is 0 Å². The summed E-state index contributed by atoms with van der Waals surface area (Å²) in [6.45, 7) is 2.12. The van der Waals surface area contributed by atoms with E-state index < -0.39 is 0 Å². The van der Waals surface area contributed by atoms with Gasteiger partial charge in [-0.15, -0.1) is 11.3 Å². The maximum Gasteiger partial charge on any atom is 0.125 e. The average Bonchev–Trinajstić information content (AvgIpc) is 2.90. The molecular weight excluding hydrogens is 342 g/mol. The first-order valence-electron chi connectivity index (χ1n) is 6.77. The van der Waals surface area contributed by atoms with Gasteiger partial charge in [0.2, 0.25) is 0 Å². The Balaban J connectivity index is 2.02. The van der Waals surface area contributed by atoms with Crippen molar-refractivity contribution in [2.45, 2.75) is 6.92 Å². The van der Waals surface area contributed by atoms with Gasteiger partial charge in [-0.2, -0.15) is 0 Å². The molecule has 1 aromatic heterocycles. The number of rotatable bonds is 1. The zero-order valence-corrected chi connectivity index (χ0v) is 13.8. The fourth-order valence-electron chi connectivity index (χ4n) is 2.61. The van der Waals surface area contributed by atoms with Gasteiger partial charge in [-0.25, -0.2) is 4.98 Å². The van der Waals surface area contributed by atoms with Crippen LogP contribution in [-0.4, -0.2) is 4.98 Å². The molecule has 4 rings (SSSR count). The number of fused-ring (bicyclic) bond motifs is 2. The Morgan fingerprint density at radius 2 is 1.76 bits per heavy atom. The Kier molecular flexibility index (Phi) is 3.05. The molecule has 0 unspecified atom stereocenters. The van der Waals surface area contributed by atoms with Gasteiger partial charge in [0, 0.05) is 10.0 Å². The molecule has 0 atom stereocenters. The smallest absolute Gasteiger partial charge is 0.125 e. The van der Waals surface area contributed by atoms with E-state index >= 15 is 0 Å². The standard InChI is InChI=1S/C18H12BrNS/c1-11-8-9-16-17(10-11)21-18(20-16)14-6-2-5-13-12(14)4-3-7-15(13)19/h2-10H,1H3. The van der Waals surface area contributed by atoms with Crippen LogP contribution in [0.4, 0.5) is 0 Å². The highest BCUT2D eigenvalue weighted by Crippen LogP contribution is 2.36. The summed E-state index contributed by atoms with van der Waals surface area (Å²) in [5, 5.41) is 3.55. The van der Waals surface area contributed by atoms with Gasteiger partial charge < -0.3 is 0 Å². The first-order chi connectivity index (χ1) is 10.2. The van der Waals surface area contributed by atoms with Crippen molar-refractivity contribution in [2.75, 3.05) is 0 Å².